The molecule has 4 heteroatoms. The lowest BCUT2D eigenvalue weighted by atomic mass is 10.1. The SMILES string of the molecule is CN1C(=O)CCCc2ccc(OCCN)cc21. The molecule has 1 aromatic rings. The van der Waals surface area contributed by atoms with E-state index in [-0.39, 0.29) is 5.91 Å². The smallest absolute Gasteiger partial charge is 0.226 e. The molecule has 0 radical (unpaired) electrons. The van der Waals surface area contributed by atoms with Crippen molar-refractivity contribution in [2.24, 2.45) is 5.73 Å². The number of nitrogens with two attached hydrogens (primary N) is 1. The molecule has 0 bridgehead atoms. The molecular weight excluding hydrogens is 216 g/mol. The van der Waals surface area contributed by atoms with Gasteiger partial charge in [0.1, 0.15) is 12.4 Å². The number of benzene rings is 1. The highest BCUT2D eigenvalue weighted by molar-refractivity contribution is 5.94. The molecule has 1 aromatic carbocycles. The third kappa shape index (κ3) is 2.58. The lowest BCUT2D eigenvalue weighted by molar-refractivity contribution is -0.118. The van der Waals surface area contributed by atoms with E-state index in [0.717, 1.165) is 24.3 Å². The molecule has 1 amide bonds. The van der Waals surface area contributed by atoms with E-state index in [0.29, 0.717) is 19.6 Å². The summed E-state index contributed by atoms with van der Waals surface area (Å²) in [6, 6.07) is 5.91. The van der Waals surface area contributed by atoms with Crippen molar-refractivity contribution >= 4 is 11.6 Å². The van der Waals surface area contributed by atoms with Crippen molar-refractivity contribution < 1.29 is 9.53 Å². The minimum absolute atomic E-state index is 0.166. The fourth-order valence-electron chi connectivity index (χ4n) is 2.07. The molecule has 0 saturated heterocycles. The summed E-state index contributed by atoms with van der Waals surface area (Å²) in [4.78, 5) is 13.5. The van der Waals surface area contributed by atoms with Gasteiger partial charge >= 0.3 is 0 Å². The van der Waals surface area contributed by atoms with E-state index >= 15 is 0 Å². The summed E-state index contributed by atoms with van der Waals surface area (Å²) < 4.78 is 5.48. The van der Waals surface area contributed by atoms with Crippen LogP contribution in [0.2, 0.25) is 0 Å². The van der Waals surface area contributed by atoms with Gasteiger partial charge in [0.25, 0.3) is 0 Å². The fraction of sp³-hybridized carbons (Fsp3) is 0.462. The average Bonchev–Trinajstić information content (AvgIpc) is 2.48. The number of carbonyl (C=O) groups excluding carboxylic acids is 1. The highest BCUT2D eigenvalue weighted by Crippen LogP contribution is 2.29. The third-order valence-electron chi connectivity index (χ3n) is 3.02. The quantitative estimate of drug-likeness (QED) is 0.858. The van der Waals surface area contributed by atoms with E-state index < -0.39 is 0 Å². The second-order valence-corrected chi connectivity index (χ2v) is 4.23. The van der Waals surface area contributed by atoms with Gasteiger partial charge in [-0.05, 0) is 24.5 Å². The zero-order valence-electron chi connectivity index (χ0n) is 10.1. The van der Waals surface area contributed by atoms with Gasteiger partial charge in [0.15, 0.2) is 0 Å². The van der Waals surface area contributed by atoms with Crippen LogP contribution in [0.25, 0.3) is 0 Å². The van der Waals surface area contributed by atoms with Crippen molar-refractivity contribution in [2.75, 3.05) is 25.1 Å². The van der Waals surface area contributed by atoms with E-state index in [4.69, 9.17) is 10.5 Å². The Hall–Kier alpha value is -1.55. The first-order valence-corrected chi connectivity index (χ1v) is 5.94. The van der Waals surface area contributed by atoms with Gasteiger partial charge in [0, 0.05) is 26.1 Å². The van der Waals surface area contributed by atoms with Gasteiger partial charge in [-0.2, -0.15) is 0 Å². The molecule has 1 aliphatic rings. The molecule has 0 spiro atoms. The second-order valence-electron chi connectivity index (χ2n) is 4.23. The summed E-state index contributed by atoms with van der Waals surface area (Å²) in [5.41, 5.74) is 7.57. The summed E-state index contributed by atoms with van der Waals surface area (Å²) in [6.07, 6.45) is 2.48. The second kappa shape index (κ2) is 5.19. The molecule has 1 heterocycles. The normalized spacial score (nSPS) is 15.4. The standard InChI is InChI=1S/C13H18N2O2/c1-15-12-9-11(17-8-7-14)6-5-10(12)3-2-4-13(15)16/h5-6,9H,2-4,7-8,14H2,1H3. The van der Waals surface area contributed by atoms with Crippen molar-refractivity contribution in [3.05, 3.63) is 23.8 Å². The van der Waals surface area contributed by atoms with Crippen LogP contribution in [-0.4, -0.2) is 26.1 Å². The van der Waals surface area contributed by atoms with Gasteiger partial charge in [-0.3, -0.25) is 4.79 Å². The topological polar surface area (TPSA) is 55.6 Å². The average molecular weight is 234 g/mol. The molecule has 2 rings (SSSR count). The molecular formula is C13H18N2O2. The lowest BCUT2D eigenvalue weighted by Crippen LogP contribution is -2.25. The first kappa shape index (κ1) is 11.9. The number of carbonyl (C=O) groups is 1. The van der Waals surface area contributed by atoms with Crippen molar-refractivity contribution in [3.8, 4) is 5.75 Å². The highest BCUT2D eigenvalue weighted by atomic mass is 16.5. The molecule has 0 atom stereocenters. The van der Waals surface area contributed by atoms with Gasteiger partial charge in [0.2, 0.25) is 5.91 Å². The third-order valence-corrected chi connectivity index (χ3v) is 3.02. The Morgan fingerprint density at radius 2 is 2.24 bits per heavy atom. The number of nitrogens with zero attached hydrogens (tertiary/aromatic N) is 1. The largest absolute Gasteiger partial charge is 0.492 e. The monoisotopic (exact) mass is 234 g/mol. The van der Waals surface area contributed by atoms with Crippen molar-refractivity contribution in [2.45, 2.75) is 19.3 Å². The molecule has 0 unspecified atom stereocenters. The number of aryl methyl sites for hydroxylation is 1. The predicted octanol–water partition coefficient (Wildman–Crippen LogP) is 1.32. The number of anilines is 1. The number of amides is 1. The summed E-state index contributed by atoms with van der Waals surface area (Å²) in [5.74, 6) is 0.940. The van der Waals surface area contributed by atoms with Crippen LogP contribution in [0.4, 0.5) is 5.69 Å². The minimum Gasteiger partial charge on any atom is -0.492 e. The molecule has 4 nitrogen and oxygen atoms in total. The molecule has 0 saturated carbocycles. The van der Waals surface area contributed by atoms with E-state index in [1.807, 2.05) is 25.2 Å². The van der Waals surface area contributed by atoms with Crippen LogP contribution in [0.15, 0.2) is 18.2 Å². The first-order chi connectivity index (χ1) is 8.22. The Morgan fingerprint density at radius 1 is 1.41 bits per heavy atom. The predicted molar refractivity (Wildman–Crippen MR) is 67.3 cm³/mol. The van der Waals surface area contributed by atoms with E-state index in [2.05, 4.69) is 0 Å². The van der Waals surface area contributed by atoms with Crippen LogP contribution in [0.5, 0.6) is 5.75 Å². The fourth-order valence-corrected chi connectivity index (χ4v) is 2.07. The molecule has 92 valence electrons. The van der Waals surface area contributed by atoms with Crippen molar-refractivity contribution in [1.29, 1.82) is 0 Å². The van der Waals surface area contributed by atoms with Crippen molar-refractivity contribution in [3.63, 3.8) is 0 Å². The summed E-state index contributed by atoms with van der Waals surface area (Å²) >= 11 is 0. The zero-order chi connectivity index (χ0) is 12.3. The Labute approximate surface area is 101 Å². The van der Waals surface area contributed by atoms with Crippen LogP contribution < -0.4 is 15.4 Å². The first-order valence-electron chi connectivity index (χ1n) is 5.94. The zero-order valence-corrected chi connectivity index (χ0v) is 10.1. The molecule has 17 heavy (non-hydrogen) atoms. The number of hydrogen-bond acceptors (Lipinski definition) is 3. The molecule has 0 aromatic heterocycles. The van der Waals surface area contributed by atoms with E-state index in [1.165, 1.54) is 5.56 Å². The maximum absolute atomic E-state index is 11.8. The summed E-state index contributed by atoms with van der Waals surface area (Å²) in [5, 5.41) is 0. The minimum atomic E-state index is 0.166. The molecule has 2 N–H and O–H groups in total. The van der Waals surface area contributed by atoms with Crippen LogP contribution >= 0.6 is 0 Å². The van der Waals surface area contributed by atoms with Gasteiger partial charge in [0.05, 0.1) is 5.69 Å². The van der Waals surface area contributed by atoms with Crippen LogP contribution in [0.1, 0.15) is 18.4 Å². The highest BCUT2D eigenvalue weighted by Gasteiger charge is 2.19. The van der Waals surface area contributed by atoms with E-state index in [9.17, 15) is 4.79 Å². The van der Waals surface area contributed by atoms with Gasteiger partial charge in [-0.25, -0.2) is 0 Å². The summed E-state index contributed by atoms with van der Waals surface area (Å²) in [7, 11) is 1.82. The number of fused-ring (bicyclic) bond motifs is 1. The van der Waals surface area contributed by atoms with Gasteiger partial charge < -0.3 is 15.4 Å². The molecule has 0 fully saturated rings. The van der Waals surface area contributed by atoms with Crippen LogP contribution in [0.3, 0.4) is 0 Å². The number of ether oxygens (including phenoxy) is 1. The maximum Gasteiger partial charge on any atom is 0.226 e. The van der Waals surface area contributed by atoms with Gasteiger partial charge in [-0.1, -0.05) is 6.07 Å². The molecule has 0 aliphatic carbocycles. The van der Waals surface area contributed by atoms with E-state index in [1.54, 1.807) is 4.90 Å². The maximum atomic E-state index is 11.8. The Balaban J connectivity index is 2.28. The van der Waals surface area contributed by atoms with Crippen molar-refractivity contribution in [1.82, 2.24) is 0 Å². The molecule has 1 aliphatic heterocycles. The van der Waals surface area contributed by atoms with Crippen LogP contribution in [0, 0.1) is 0 Å². The van der Waals surface area contributed by atoms with Gasteiger partial charge in [-0.15, -0.1) is 0 Å². The summed E-state index contributed by atoms with van der Waals surface area (Å²) in [6.45, 7) is 0.988. The Morgan fingerprint density at radius 3 is 3.00 bits per heavy atom. The lowest BCUT2D eigenvalue weighted by Gasteiger charge is -2.18. The van der Waals surface area contributed by atoms with Crippen LogP contribution in [-0.2, 0) is 11.2 Å². The number of hydrogen-bond donors (Lipinski definition) is 1. The Bertz CT molecular complexity index is 418. The Kier molecular flexibility index (Phi) is 3.64. The number of rotatable bonds is 3.